The number of nitrogens with one attached hydrogen (secondary N) is 1. The maximum atomic E-state index is 5.91. The van der Waals surface area contributed by atoms with Gasteiger partial charge in [-0.3, -0.25) is 0 Å². The molecule has 0 spiro atoms. The molecular formula is C17H27N3. The van der Waals surface area contributed by atoms with Crippen molar-refractivity contribution < 1.29 is 0 Å². The molecule has 2 fully saturated rings. The molecule has 3 N–H and O–H groups in total. The van der Waals surface area contributed by atoms with Gasteiger partial charge in [-0.25, -0.2) is 0 Å². The summed E-state index contributed by atoms with van der Waals surface area (Å²) in [5.41, 5.74) is 8.52. The molecule has 1 aliphatic heterocycles. The van der Waals surface area contributed by atoms with E-state index in [4.69, 9.17) is 5.73 Å². The van der Waals surface area contributed by atoms with Crippen molar-refractivity contribution in [3.63, 3.8) is 0 Å². The molecule has 2 unspecified atom stereocenters. The lowest BCUT2D eigenvalue weighted by atomic mass is 9.84. The third-order valence-corrected chi connectivity index (χ3v) is 4.90. The van der Waals surface area contributed by atoms with Gasteiger partial charge in [0.05, 0.1) is 0 Å². The molecule has 3 nitrogen and oxygen atoms in total. The molecule has 2 atom stereocenters. The van der Waals surface area contributed by atoms with E-state index < -0.39 is 0 Å². The molecule has 20 heavy (non-hydrogen) atoms. The van der Waals surface area contributed by atoms with E-state index in [1.165, 1.54) is 63.0 Å². The zero-order chi connectivity index (χ0) is 13.8. The van der Waals surface area contributed by atoms with Crippen LogP contribution in [0.1, 0.15) is 38.5 Å². The molecule has 1 aromatic carbocycles. The number of hydrogen-bond acceptors (Lipinski definition) is 3. The Bertz CT molecular complexity index is 409. The average molecular weight is 273 g/mol. The van der Waals surface area contributed by atoms with Crippen molar-refractivity contribution in [3.05, 3.63) is 24.3 Å². The summed E-state index contributed by atoms with van der Waals surface area (Å²) in [6.07, 6.45) is 7.88. The van der Waals surface area contributed by atoms with Crippen LogP contribution in [-0.4, -0.2) is 25.7 Å². The minimum atomic E-state index is 0.561. The van der Waals surface area contributed by atoms with Crippen LogP contribution in [0.15, 0.2) is 24.3 Å². The van der Waals surface area contributed by atoms with E-state index in [-0.39, 0.29) is 0 Å². The third kappa shape index (κ3) is 3.09. The molecule has 1 aromatic rings. The first-order chi connectivity index (χ1) is 9.86. The third-order valence-electron chi connectivity index (χ3n) is 4.90. The first kappa shape index (κ1) is 13.7. The summed E-state index contributed by atoms with van der Waals surface area (Å²) in [5.74, 6) is 0.641. The van der Waals surface area contributed by atoms with Crippen molar-refractivity contribution in [2.24, 2.45) is 11.7 Å². The first-order valence-corrected chi connectivity index (χ1v) is 8.18. The van der Waals surface area contributed by atoms with Gasteiger partial charge in [0.15, 0.2) is 0 Å². The Balaban J connectivity index is 1.62. The van der Waals surface area contributed by atoms with E-state index in [2.05, 4.69) is 34.5 Å². The van der Waals surface area contributed by atoms with Crippen LogP contribution in [0.2, 0.25) is 0 Å². The van der Waals surface area contributed by atoms with Crippen LogP contribution in [0.4, 0.5) is 11.4 Å². The van der Waals surface area contributed by atoms with Gasteiger partial charge < -0.3 is 16.0 Å². The van der Waals surface area contributed by atoms with E-state index in [1.807, 2.05) is 0 Å². The Kier molecular flexibility index (Phi) is 4.46. The lowest BCUT2D eigenvalue weighted by Crippen LogP contribution is -2.36. The zero-order valence-electron chi connectivity index (χ0n) is 12.4. The van der Waals surface area contributed by atoms with Gasteiger partial charge in [0.2, 0.25) is 0 Å². The van der Waals surface area contributed by atoms with Crippen molar-refractivity contribution in [2.75, 3.05) is 29.9 Å². The van der Waals surface area contributed by atoms with Crippen molar-refractivity contribution in [3.8, 4) is 0 Å². The van der Waals surface area contributed by atoms with Gasteiger partial charge in [0, 0.05) is 30.5 Å². The Labute approximate surface area is 122 Å². The molecule has 0 bridgehead atoms. The van der Waals surface area contributed by atoms with E-state index in [1.54, 1.807) is 0 Å². The average Bonchev–Trinajstić information content (AvgIpc) is 3.03. The van der Waals surface area contributed by atoms with Gasteiger partial charge in [0.25, 0.3) is 0 Å². The second-order valence-corrected chi connectivity index (χ2v) is 6.27. The predicted molar refractivity (Wildman–Crippen MR) is 86.3 cm³/mol. The minimum absolute atomic E-state index is 0.561. The number of hydrogen-bond donors (Lipinski definition) is 2. The molecule has 0 radical (unpaired) electrons. The minimum Gasteiger partial charge on any atom is -0.382 e. The topological polar surface area (TPSA) is 41.3 Å². The lowest BCUT2D eigenvalue weighted by molar-refractivity contribution is 0.332. The molecule has 0 amide bonds. The monoisotopic (exact) mass is 273 g/mol. The predicted octanol–water partition coefficient (Wildman–Crippen LogP) is 3.22. The Morgan fingerprint density at radius 2 is 1.70 bits per heavy atom. The SMILES string of the molecule is NCC1CCCCC1Nc1ccc(N2CCCC2)cc1. The second kappa shape index (κ2) is 6.49. The number of benzene rings is 1. The summed E-state index contributed by atoms with van der Waals surface area (Å²) >= 11 is 0. The Hall–Kier alpha value is -1.22. The number of nitrogens with two attached hydrogens (primary N) is 1. The van der Waals surface area contributed by atoms with Crippen LogP contribution < -0.4 is 16.0 Å². The highest BCUT2D eigenvalue weighted by Crippen LogP contribution is 2.28. The van der Waals surface area contributed by atoms with Gasteiger partial charge in [-0.05, 0) is 62.4 Å². The fraction of sp³-hybridized carbons (Fsp3) is 0.647. The van der Waals surface area contributed by atoms with Gasteiger partial charge in [-0.15, -0.1) is 0 Å². The van der Waals surface area contributed by atoms with Gasteiger partial charge in [-0.1, -0.05) is 12.8 Å². The van der Waals surface area contributed by atoms with Gasteiger partial charge in [-0.2, -0.15) is 0 Å². The molecule has 0 aromatic heterocycles. The van der Waals surface area contributed by atoms with Crippen LogP contribution in [0.25, 0.3) is 0 Å². The fourth-order valence-electron chi connectivity index (χ4n) is 3.64. The maximum absolute atomic E-state index is 5.91. The summed E-state index contributed by atoms with van der Waals surface area (Å²) < 4.78 is 0. The van der Waals surface area contributed by atoms with E-state index in [0.29, 0.717) is 12.0 Å². The zero-order valence-corrected chi connectivity index (χ0v) is 12.4. The van der Waals surface area contributed by atoms with Crippen LogP contribution >= 0.6 is 0 Å². The van der Waals surface area contributed by atoms with Crippen LogP contribution in [0.3, 0.4) is 0 Å². The lowest BCUT2D eigenvalue weighted by Gasteiger charge is -2.32. The summed E-state index contributed by atoms with van der Waals surface area (Å²) in [5, 5.41) is 3.70. The number of anilines is 2. The standard InChI is InChI=1S/C17H27N3/c18-13-14-5-1-2-6-17(14)19-15-7-9-16(10-8-15)20-11-3-4-12-20/h7-10,14,17,19H,1-6,11-13,18H2. The van der Waals surface area contributed by atoms with Crippen LogP contribution in [0.5, 0.6) is 0 Å². The molecule has 1 saturated heterocycles. The Morgan fingerprint density at radius 1 is 1.00 bits per heavy atom. The van der Waals surface area contributed by atoms with Crippen molar-refractivity contribution >= 4 is 11.4 Å². The second-order valence-electron chi connectivity index (χ2n) is 6.27. The molecule has 1 aliphatic carbocycles. The molecule has 1 saturated carbocycles. The largest absolute Gasteiger partial charge is 0.382 e. The smallest absolute Gasteiger partial charge is 0.0367 e. The quantitative estimate of drug-likeness (QED) is 0.885. The Morgan fingerprint density at radius 3 is 2.40 bits per heavy atom. The van der Waals surface area contributed by atoms with Crippen molar-refractivity contribution in [2.45, 2.75) is 44.6 Å². The summed E-state index contributed by atoms with van der Waals surface area (Å²) in [6, 6.07) is 9.54. The molecule has 2 aliphatic rings. The highest BCUT2D eigenvalue weighted by molar-refractivity contribution is 5.55. The fourth-order valence-corrected chi connectivity index (χ4v) is 3.64. The van der Waals surface area contributed by atoms with E-state index in [0.717, 1.165) is 6.54 Å². The van der Waals surface area contributed by atoms with Crippen molar-refractivity contribution in [1.82, 2.24) is 0 Å². The normalized spacial score (nSPS) is 26.8. The first-order valence-electron chi connectivity index (χ1n) is 8.18. The van der Waals surface area contributed by atoms with E-state index >= 15 is 0 Å². The summed E-state index contributed by atoms with van der Waals surface area (Å²) in [7, 11) is 0. The number of rotatable bonds is 4. The molecule has 3 rings (SSSR count). The summed E-state index contributed by atoms with van der Waals surface area (Å²) in [4.78, 5) is 2.48. The highest BCUT2D eigenvalue weighted by Gasteiger charge is 2.23. The molecule has 110 valence electrons. The van der Waals surface area contributed by atoms with Crippen molar-refractivity contribution in [1.29, 1.82) is 0 Å². The number of nitrogens with zero attached hydrogens (tertiary/aromatic N) is 1. The molecule has 3 heteroatoms. The van der Waals surface area contributed by atoms with Crippen LogP contribution in [0, 0.1) is 5.92 Å². The maximum Gasteiger partial charge on any atom is 0.0367 e. The molecular weight excluding hydrogens is 246 g/mol. The highest BCUT2D eigenvalue weighted by atomic mass is 15.1. The summed E-state index contributed by atoms with van der Waals surface area (Å²) in [6.45, 7) is 3.23. The van der Waals surface area contributed by atoms with E-state index in [9.17, 15) is 0 Å². The van der Waals surface area contributed by atoms with Gasteiger partial charge >= 0.3 is 0 Å². The van der Waals surface area contributed by atoms with Gasteiger partial charge in [0.1, 0.15) is 0 Å². The molecule has 1 heterocycles. The van der Waals surface area contributed by atoms with Crippen LogP contribution in [-0.2, 0) is 0 Å².